The van der Waals surface area contributed by atoms with E-state index in [9.17, 15) is 0 Å². The van der Waals surface area contributed by atoms with Gasteiger partial charge in [0.05, 0.1) is 12.2 Å². The Labute approximate surface area is 184 Å². The first kappa shape index (κ1) is 19.7. The molecule has 0 N–H and O–H groups in total. The Balaban J connectivity index is 1.40. The van der Waals surface area contributed by atoms with E-state index < -0.39 is 0 Å². The molecule has 0 radical (unpaired) electrons. The summed E-state index contributed by atoms with van der Waals surface area (Å²) in [4.78, 5) is 0. The molecule has 3 aromatic rings. The molecule has 2 aliphatic rings. The zero-order valence-corrected chi connectivity index (χ0v) is 18.4. The number of benzene rings is 3. The molecule has 0 aliphatic carbocycles. The van der Waals surface area contributed by atoms with E-state index in [-0.39, 0.29) is 11.5 Å². The molecule has 0 aromatic heterocycles. The van der Waals surface area contributed by atoms with Gasteiger partial charge in [-0.25, -0.2) is 0 Å². The average molecular weight is 413 g/mol. The summed E-state index contributed by atoms with van der Waals surface area (Å²) in [6.45, 7) is 7.43. The van der Waals surface area contributed by atoms with Gasteiger partial charge >= 0.3 is 0 Å². The van der Waals surface area contributed by atoms with Crippen molar-refractivity contribution in [1.82, 2.24) is 0 Å². The molecule has 5 rings (SSSR count). The Hall–Kier alpha value is -3.20. The summed E-state index contributed by atoms with van der Waals surface area (Å²) in [5, 5.41) is 0. The predicted octanol–water partition coefficient (Wildman–Crippen LogP) is 6.48. The standard InChI is InChI=1S/C28H28O3/c1-19-9-11-23(26(15-19)29-17-20-7-5-4-6-8-20)22-16-21-10-12-25-24(27(21)30-18-22)13-14-28(2,3)31-25/h4-15,22H,16-18H2,1-3H3. The monoisotopic (exact) mass is 412 g/mol. The van der Waals surface area contributed by atoms with E-state index in [2.05, 4.69) is 75.4 Å². The molecule has 2 heterocycles. The zero-order valence-electron chi connectivity index (χ0n) is 18.4. The van der Waals surface area contributed by atoms with Crippen LogP contribution >= 0.6 is 0 Å². The fourth-order valence-corrected chi connectivity index (χ4v) is 4.35. The van der Waals surface area contributed by atoms with Crippen LogP contribution in [0.1, 0.15) is 47.6 Å². The van der Waals surface area contributed by atoms with Crippen molar-refractivity contribution in [2.75, 3.05) is 6.61 Å². The first-order valence-corrected chi connectivity index (χ1v) is 10.9. The minimum Gasteiger partial charge on any atom is -0.492 e. The Bertz CT molecular complexity index is 1130. The Kier molecular flexibility index (Phi) is 4.97. The van der Waals surface area contributed by atoms with E-state index in [0.717, 1.165) is 29.2 Å². The minimum absolute atomic E-state index is 0.252. The van der Waals surface area contributed by atoms with Crippen molar-refractivity contribution in [3.05, 3.63) is 94.6 Å². The third-order valence-electron chi connectivity index (χ3n) is 6.00. The van der Waals surface area contributed by atoms with Crippen LogP contribution in [0.25, 0.3) is 6.08 Å². The number of aryl methyl sites for hydroxylation is 1. The molecule has 31 heavy (non-hydrogen) atoms. The summed E-state index contributed by atoms with van der Waals surface area (Å²) in [7, 11) is 0. The molecule has 0 spiro atoms. The number of hydrogen-bond acceptors (Lipinski definition) is 3. The van der Waals surface area contributed by atoms with Crippen LogP contribution < -0.4 is 14.2 Å². The van der Waals surface area contributed by atoms with Gasteiger partial charge in [0.1, 0.15) is 29.5 Å². The molecule has 0 saturated heterocycles. The molecule has 1 atom stereocenters. The minimum atomic E-state index is -0.286. The second-order valence-electron chi connectivity index (χ2n) is 9.03. The van der Waals surface area contributed by atoms with Gasteiger partial charge in [-0.1, -0.05) is 48.5 Å². The van der Waals surface area contributed by atoms with Crippen LogP contribution in [0.5, 0.6) is 17.2 Å². The third-order valence-corrected chi connectivity index (χ3v) is 6.00. The van der Waals surface area contributed by atoms with Gasteiger partial charge in [-0.15, -0.1) is 0 Å². The SMILES string of the molecule is Cc1ccc(C2COc3c(ccc4c3C=CC(C)(C)O4)C2)c(OCc2ccccc2)c1. The second-order valence-corrected chi connectivity index (χ2v) is 9.03. The van der Waals surface area contributed by atoms with Gasteiger partial charge in [0, 0.05) is 11.5 Å². The highest BCUT2D eigenvalue weighted by Crippen LogP contribution is 2.44. The van der Waals surface area contributed by atoms with Crippen molar-refractivity contribution in [3.63, 3.8) is 0 Å². The number of ether oxygens (including phenoxy) is 3. The summed E-state index contributed by atoms with van der Waals surface area (Å²) in [5.41, 5.74) is 5.56. The number of hydrogen-bond donors (Lipinski definition) is 0. The number of rotatable bonds is 4. The van der Waals surface area contributed by atoms with E-state index in [4.69, 9.17) is 14.2 Å². The largest absolute Gasteiger partial charge is 0.492 e. The van der Waals surface area contributed by atoms with Crippen LogP contribution in [-0.4, -0.2) is 12.2 Å². The van der Waals surface area contributed by atoms with Crippen LogP contribution in [0.3, 0.4) is 0 Å². The molecule has 3 aromatic carbocycles. The Morgan fingerprint density at radius 1 is 1.03 bits per heavy atom. The van der Waals surface area contributed by atoms with Gasteiger partial charge < -0.3 is 14.2 Å². The normalized spacial score (nSPS) is 18.4. The molecule has 0 saturated carbocycles. The summed E-state index contributed by atoms with van der Waals surface area (Å²) in [6.07, 6.45) is 5.16. The average Bonchev–Trinajstić information content (AvgIpc) is 2.77. The Morgan fingerprint density at radius 3 is 2.71 bits per heavy atom. The predicted molar refractivity (Wildman–Crippen MR) is 124 cm³/mol. The fraction of sp³-hybridized carbons (Fsp3) is 0.286. The van der Waals surface area contributed by atoms with Gasteiger partial charge in [-0.05, 0) is 68.2 Å². The van der Waals surface area contributed by atoms with Crippen molar-refractivity contribution in [3.8, 4) is 17.2 Å². The fourth-order valence-electron chi connectivity index (χ4n) is 4.35. The van der Waals surface area contributed by atoms with Gasteiger partial charge in [0.2, 0.25) is 0 Å². The van der Waals surface area contributed by atoms with Crippen LogP contribution in [0, 0.1) is 6.92 Å². The molecule has 3 heteroatoms. The van der Waals surface area contributed by atoms with Gasteiger partial charge in [-0.3, -0.25) is 0 Å². The molecular formula is C28H28O3. The summed E-state index contributed by atoms with van der Waals surface area (Å²) in [6, 6.07) is 21.0. The smallest absolute Gasteiger partial charge is 0.133 e. The van der Waals surface area contributed by atoms with Crippen LogP contribution in [0.4, 0.5) is 0 Å². The summed E-state index contributed by atoms with van der Waals surface area (Å²) in [5.74, 6) is 3.05. The first-order chi connectivity index (χ1) is 15.0. The van der Waals surface area contributed by atoms with Crippen molar-refractivity contribution in [2.24, 2.45) is 0 Å². The molecule has 158 valence electrons. The van der Waals surface area contributed by atoms with Crippen LogP contribution in [0.15, 0.2) is 66.7 Å². The lowest BCUT2D eigenvalue weighted by Crippen LogP contribution is -2.28. The molecule has 0 amide bonds. The van der Waals surface area contributed by atoms with E-state index in [0.29, 0.717) is 13.2 Å². The lowest BCUT2D eigenvalue weighted by atomic mass is 9.87. The lowest BCUT2D eigenvalue weighted by Gasteiger charge is -2.32. The quantitative estimate of drug-likeness (QED) is 0.491. The van der Waals surface area contributed by atoms with Gasteiger partial charge in [0.25, 0.3) is 0 Å². The van der Waals surface area contributed by atoms with Gasteiger partial charge in [0.15, 0.2) is 0 Å². The second kappa shape index (κ2) is 7.81. The molecule has 0 fully saturated rings. The maximum atomic E-state index is 6.32. The highest BCUT2D eigenvalue weighted by molar-refractivity contribution is 5.69. The summed E-state index contributed by atoms with van der Waals surface area (Å²) >= 11 is 0. The molecule has 3 nitrogen and oxygen atoms in total. The highest BCUT2D eigenvalue weighted by atomic mass is 16.5. The van der Waals surface area contributed by atoms with E-state index in [1.165, 1.54) is 22.3 Å². The zero-order chi connectivity index (χ0) is 21.4. The maximum absolute atomic E-state index is 6.32. The van der Waals surface area contributed by atoms with E-state index in [1.54, 1.807) is 0 Å². The molecular weight excluding hydrogens is 384 g/mol. The number of fused-ring (bicyclic) bond motifs is 3. The molecule has 1 unspecified atom stereocenters. The first-order valence-electron chi connectivity index (χ1n) is 10.9. The van der Waals surface area contributed by atoms with Crippen LogP contribution in [0.2, 0.25) is 0 Å². The highest BCUT2D eigenvalue weighted by Gasteiger charge is 2.30. The third kappa shape index (κ3) is 4.05. The topological polar surface area (TPSA) is 27.7 Å². The van der Waals surface area contributed by atoms with Crippen molar-refractivity contribution >= 4 is 6.08 Å². The van der Waals surface area contributed by atoms with Gasteiger partial charge in [-0.2, -0.15) is 0 Å². The molecule has 0 bridgehead atoms. The summed E-state index contributed by atoms with van der Waals surface area (Å²) < 4.78 is 18.7. The lowest BCUT2D eigenvalue weighted by molar-refractivity contribution is 0.157. The maximum Gasteiger partial charge on any atom is 0.133 e. The van der Waals surface area contributed by atoms with Crippen molar-refractivity contribution in [2.45, 2.75) is 45.3 Å². The molecule has 2 aliphatic heterocycles. The van der Waals surface area contributed by atoms with Crippen LogP contribution in [-0.2, 0) is 13.0 Å². The van der Waals surface area contributed by atoms with E-state index >= 15 is 0 Å². The van der Waals surface area contributed by atoms with Crippen molar-refractivity contribution in [1.29, 1.82) is 0 Å². The van der Waals surface area contributed by atoms with Crippen molar-refractivity contribution < 1.29 is 14.2 Å². The van der Waals surface area contributed by atoms with E-state index in [1.807, 2.05) is 18.2 Å². The Morgan fingerprint density at radius 2 is 1.87 bits per heavy atom.